The van der Waals surface area contributed by atoms with Crippen molar-refractivity contribution in [3.63, 3.8) is 0 Å². The summed E-state index contributed by atoms with van der Waals surface area (Å²) in [4.78, 5) is 2.38. The molecule has 9 rings (SSSR count). The van der Waals surface area contributed by atoms with Crippen LogP contribution < -0.4 is 4.90 Å². The Morgan fingerprint density at radius 3 is 2.14 bits per heavy atom. The third-order valence-corrected chi connectivity index (χ3v) is 14.9. The SMILES string of the molecule is C=C/C=C(\C=C/C)C1=CCC(c2ccc(N(C(/C=C\C(=C)C3=CCC4(C)C(=C3)C(C)(C)c3ccccc34)=C/C)c3ccc(-c4ccc5c(c4)C(C)(C)C4=C5C=CCC4)cc3)cc2)C=C1. The number of hydrogen-bond acceptors (Lipinski definition) is 1. The van der Waals surface area contributed by atoms with Crippen molar-refractivity contribution in [3.8, 4) is 11.1 Å². The zero-order valence-electron chi connectivity index (χ0n) is 39.0. The monoisotopic (exact) mass is 833 g/mol. The number of benzene rings is 4. The molecule has 1 nitrogen and oxygen atoms in total. The molecule has 0 aromatic heterocycles. The Bertz CT molecular complexity index is 2860. The standard InChI is InChI=1S/C63H63N/c1-10-17-44(18-11-2)45-24-26-46(27-25-45)47-28-34-52(35-29-47)64(53-36-30-48(31-37-53)50-32-38-55-54-19-13-14-20-56(54)61(5,6)59(55)41-50)51(12-3)33-23-43(4)49-39-40-63(9)58-22-16-15-21-57(58)62(7,8)60(63)42-49/h10-13,15-19,21-26,28-39,41-42,46H,1,4,14,20,27,40H2,2-3,5-9H3/b18-11-,33-23-,44-17+,51-12+. The van der Waals surface area contributed by atoms with Gasteiger partial charge in [0.25, 0.3) is 0 Å². The second kappa shape index (κ2) is 16.9. The number of rotatable bonds is 11. The van der Waals surface area contributed by atoms with Gasteiger partial charge >= 0.3 is 0 Å². The van der Waals surface area contributed by atoms with Crippen molar-refractivity contribution < 1.29 is 0 Å². The van der Waals surface area contributed by atoms with Crippen LogP contribution in [-0.2, 0) is 16.2 Å². The molecule has 5 aliphatic rings. The van der Waals surface area contributed by atoms with Gasteiger partial charge in [-0.25, -0.2) is 0 Å². The van der Waals surface area contributed by atoms with Gasteiger partial charge in [0.1, 0.15) is 0 Å². The fraction of sp³-hybridized carbons (Fsp3) is 0.238. The molecule has 4 aromatic rings. The van der Waals surface area contributed by atoms with E-state index in [1.54, 1.807) is 5.57 Å². The van der Waals surface area contributed by atoms with E-state index in [0.29, 0.717) is 5.92 Å². The molecule has 0 spiro atoms. The van der Waals surface area contributed by atoms with E-state index in [2.05, 4.69) is 237 Å². The second-order valence-corrected chi connectivity index (χ2v) is 19.4. The van der Waals surface area contributed by atoms with Crippen molar-refractivity contribution in [1.29, 1.82) is 0 Å². The van der Waals surface area contributed by atoms with Gasteiger partial charge in [-0.1, -0.05) is 193 Å². The minimum atomic E-state index is -0.0357. The maximum Gasteiger partial charge on any atom is 0.0461 e. The Hall–Kier alpha value is -6.44. The molecule has 0 radical (unpaired) electrons. The molecule has 64 heavy (non-hydrogen) atoms. The molecule has 320 valence electrons. The molecule has 0 N–H and O–H groups in total. The van der Waals surface area contributed by atoms with Gasteiger partial charge in [-0.2, -0.15) is 0 Å². The van der Waals surface area contributed by atoms with Crippen molar-refractivity contribution in [2.24, 2.45) is 0 Å². The maximum atomic E-state index is 4.65. The molecule has 0 aliphatic heterocycles. The van der Waals surface area contributed by atoms with E-state index in [-0.39, 0.29) is 16.2 Å². The van der Waals surface area contributed by atoms with Crippen LogP contribution in [0.1, 0.15) is 108 Å². The van der Waals surface area contributed by atoms with E-state index in [0.717, 1.165) is 48.3 Å². The van der Waals surface area contributed by atoms with Crippen molar-refractivity contribution in [1.82, 2.24) is 0 Å². The normalized spacial score (nSPS) is 21.9. The number of nitrogens with zero attached hydrogens (tertiary/aromatic N) is 1. The predicted molar refractivity (Wildman–Crippen MR) is 276 cm³/mol. The summed E-state index contributed by atoms with van der Waals surface area (Å²) in [6.45, 7) is 24.8. The summed E-state index contributed by atoms with van der Waals surface area (Å²) < 4.78 is 0. The summed E-state index contributed by atoms with van der Waals surface area (Å²) in [5, 5.41) is 0. The highest BCUT2D eigenvalue weighted by molar-refractivity contribution is 5.88. The summed E-state index contributed by atoms with van der Waals surface area (Å²) in [5.74, 6) is 0.317. The first-order chi connectivity index (χ1) is 30.9. The van der Waals surface area contributed by atoms with Gasteiger partial charge in [-0.05, 0) is 148 Å². The molecule has 0 bridgehead atoms. The Labute approximate surface area is 383 Å². The lowest BCUT2D eigenvalue weighted by Crippen LogP contribution is -2.28. The first kappa shape index (κ1) is 42.8. The van der Waals surface area contributed by atoms with E-state index >= 15 is 0 Å². The Morgan fingerprint density at radius 2 is 1.45 bits per heavy atom. The molecule has 0 saturated heterocycles. The van der Waals surface area contributed by atoms with E-state index < -0.39 is 0 Å². The van der Waals surface area contributed by atoms with Crippen molar-refractivity contribution in [3.05, 3.63) is 256 Å². The van der Waals surface area contributed by atoms with Gasteiger partial charge in [0.05, 0.1) is 0 Å². The predicted octanol–water partition coefficient (Wildman–Crippen LogP) is 17.1. The van der Waals surface area contributed by atoms with Crippen LogP contribution in [0.5, 0.6) is 0 Å². The van der Waals surface area contributed by atoms with Crippen LogP contribution in [-0.4, -0.2) is 0 Å². The zero-order chi connectivity index (χ0) is 44.8. The Balaban J connectivity index is 1.02. The average Bonchev–Trinajstić information content (AvgIpc) is 3.66. The maximum absolute atomic E-state index is 4.65. The first-order valence-electron chi connectivity index (χ1n) is 23.3. The highest BCUT2D eigenvalue weighted by Crippen LogP contribution is 2.57. The van der Waals surface area contributed by atoms with E-state index in [4.69, 9.17) is 0 Å². The summed E-state index contributed by atoms with van der Waals surface area (Å²) in [5.41, 5.74) is 22.0. The van der Waals surface area contributed by atoms with Gasteiger partial charge in [-0.15, -0.1) is 0 Å². The molecule has 4 aromatic carbocycles. The van der Waals surface area contributed by atoms with Crippen molar-refractivity contribution >= 4 is 16.9 Å². The van der Waals surface area contributed by atoms with Gasteiger partial charge in [0, 0.05) is 39.2 Å². The van der Waals surface area contributed by atoms with Crippen LogP contribution in [0.3, 0.4) is 0 Å². The zero-order valence-corrected chi connectivity index (χ0v) is 39.0. The minimum absolute atomic E-state index is 0.00470. The number of hydrogen-bond donors (Lipinski definition) is 0. The second-order valence-electron chi connectivity index (χ2n) is 19.4. The first-order valence-corrected chi connectivity index (χ1v) is 23.3. The van der Waals surface area contributed by atoms with Crippen molar-refractivity contribution in [2.45, 2.75) is 96.3 Å². The number of fused-ring (bicyclic) bond motifs is 5. The molecule has 0 saturated carbocycles. The highest BCUT2D eigenvalue weighted by Gasteiger charge is 2.49. The Morgan fingerprint density at radius 1 is 0.734 bits per heavy atom. The quantitative estimate of drug-likeness (QED) is 0.136. The molecule has 2 atom stereocenters. The average molecular weight is 834 g/mol. The van der Waals surface area contributed by atoms with Crippen molar-refractivity contribution in [2.75, 3.05) is 4.90 Å². The summed E-state index contributed by atoms with van der Waals surface area (Å²) in [6, 6.07) is 34.4. The fourth-order valence-electron chi connectivity index (χ4n) is 11.3. The molecule has 1 heteroatoms. The molecule has 2 unspecified atom stereocenters. The topological polar surface area (TPSA) is 3.24 Å². The fourth-order valence-corrected chi connectivity index (χ4v) is 11.3. The third kappa shape index (κ3) is 7.39. The molecule has 0 heterocycles. The molecule has 0 amide bonds. The van der Waals surface area contributed by atoms with E-state index in [1.165, 1.54) is 66.8 Å². The lowest BCUT2D eigenvalue weighted by atomic mass is 9.69. The number of allylic oxidation sites excluding steroid dienone is 21. The summed E-state index contributed by atoms with van der Waals surface area (Å²) in [6.07, 6.45) is 35.5. The summed E-state index contributed by atoms with van der Waals surface area (Å²) >= 11 is 0. The smallest absolute Gasteiger partial charge is 0.0461 e. The van der Waals surface area contributed by atoms with Gasteiger partial charge in [0.2, 0.25) is 0 Å². The lowest BCUT2D eigenvalue weighted by molar-refractivity contribution is 0.509. The molecular formula is C63H63N. The minimum Gasteiger partial charge on any atom is -0.311 e. The van der Waals surface area contributed by atoms with Crippen LogP contribution in [0.2, 0.25) is 0 Å². The summed E-state index contributed by atoms with van der Waals surface area (Å²) in [7, 11) is 0. The number of anilines is 2. The van der Waals surface area contributed by atoms with Crippen LogP contribution in [0.25, 0.3) is 16.7 Å². The van der Waals surface area contributed by atoms with Gasteiger partial charge in [0.15, 0.2) is 0 Å². The Kier molecular flexibility index (Phi) is 11.3. The molecule has 5 aliphatic carbocycles. The van der Waals surface area contributed by atoms with Crippen LogP contribution in [0.15, 0.2) is 228 Å². The molecular weight excluding hydrogens is 771 g/mol. The van der Waals surface area contributed by atoms with Gasteiger partial charge < -0.3 is 4.90 Å². The van der Waals surface area contributed by atoms with Crippen LogP contribution in [0.4, 0.5) is 11.4 Å². The third-order valence-electron chi connectivity index (χ3n) is 14.9. The highest BCUT2D eigenvalue weighted by atomic mass is 15.1. The van der Waals surface area contributed by atoms with E-state index in [9.17, 15) is 0 Å². The van der Waals surface area contributed by atoms with Crippen LogP contribution >= 0.6 is 0 Å². The largest absolute Gasteiger partial charge is 0.311 e. The van der Waals surface area contributed by atoms with E-state index in [1.807, 2.05) is 6.08 Å². The lowest BCUT2D eigenvalue weighted by Gasteiger charge is -2.35. The molecule has 0 fully saturated rings. The van der Waals surface area contributed by atoms with Gasteiger partial charge in [-0.3, -0.25) is 0 Å². The van der Waals surface area contributed by atoms with Crippen LogP contribution in [0, 0.1) is 0 Å².